The minimum absolute atomic E-state index is 0.349. The van der Waals surface area contributed by atoms with Gasteiger partial charge in [0.1, 0.15) is 0 Å². The van der Waals surface area contributed by atoms with E-state index >= 15 is 0 Å². The maximum Gasteiger partial charge on any atom is 0.286 e. The molecule has 0 aliphatic rings. The number of aryl methyl sites for hydroxylation is 2. The highest BCUT2D eigenvalue weighted by Gasteiger charge is 2.07. The topological polar surface area (TPSA) is 37.4 Å². The van der Waals surface area contributed by atoms with E-state index in [1.807, 2.05) is 0 Å². The predicted octanol–water partition coefficient (Wildman–Crippen LogP) is 1.50. The van der Waals surface area contributed by atoms with Crippen LogP contribution in [0.5, 0.6) is 0 Å². The molecule has 0 fully saturated rings. The van der Waals surface area contributed by atoms with E-state index in [0.717, 1.165) is 6.42 Å². The van der Waals surface area contributed by atoms with E-state index in [4.69, 9.17) is 0 Å². The maximum absolute atomic E-state index is 11.0. The number of carbonyl (C=O) groups excluding carboxylic acids is 2. The summed E-state index contributed by atoms with van der Waals surface area (Å²) in [6.45, 7) is 4.68. The van der Waals surface area contributed by atoms with Crippen LogP contribution in [-0.2, 0) is 16.0 Å². The summed E-state index contributed by atoms with van der Waals surface area (Å²) < 4.78 is 0. The van der Waals surface area contributed by atoms with Crippen molar-refractivity contribution >= 4 is 12.2 Å². The molecule has 0 N–H and O–H groups in total. The van der Waals surface area contributed by atoms with Gasteiger partial charge in [-0.05, 0) is 31.4 Å². The fraction of sp³-hybridized carbons (Fsp3) is 0.385. The molecule has 1 amide bonds. The van der Waals surface area contributed by atoms with Gasteiger partial charge in [-0.25, -0.2) is 0 Å². The molecule has 3 nitrogen and oxygen atoms in total. The fourth-order valence-electron chi connectivity index (χ4n) is 1.61. The number of rotatable bonds is 4. The summed E-state index contributed by atoms with van der Waals surface area (Å²) in [4.78, 5) is 22.7. The van der Waals surface area contributed by atoms with Crippen LogP contribution in [0.2, 0.25) is 0 Å². The zero-order valence-corrected chi connectivity index (χ0v) is 9.99. The van der Waals surface area contributed by atoms with Crippen molar-refractivity contribution in [3.05, 3.63) is 34.9 Å². The summed E-state index contributed by atoms with van der Waals surface area (Å²) >= 11 is 0. The molecule has 0 saturated carbocycles. The minimum Gasteiger partial charge on any atom is -0.339 e. The quantitative estimate of drug-likeness (QED) is 0.568. The van der Waals surface area contributed by atoms with Crippen molar-refractivity contribution in [1.82, 2.24) is 4.90 Å². The van der Waals surface area contributed by atoms with Gasteiger partial charge in [-0.3, -0.25) is 9.59 Å². The third-order valence-corrected chi connectivity index (χ3v) is 2.69. The number of aldehydes is 1. The van der Waals surface area contributed by atoms with Gasteiger partial charge < -0.3 is 4.90 Å². The number of carbonyl (C=O) groups is 2. The van der Waals surface area contributed by atoms with Gasteiger partial charge in [0.25, 0.3) is 5.91 Å². The van der Waals surface area contributed by atoms with Crippen molar-refractivity contribution in [2.75, 3.05) is 13.6 Å². The molecule has 0 bridgehead atoms. The van der Waals surface area contributed by atoms with Gasteiger partial charge in [0.05, 0.1) is 0 Å². The van der Waals surface area contributed by atoms with Gasteiger partial charge in [-0.1, -0.05) is 23.8 Å². The smallest absolute Gasteiger partial charge is 0.286 e. The molecule has 16 heavy (non-hydrogen) atoms. The van der Waals surface area contributed by atoms with Gasteiger partial charge >= 0.3 is 0 Å². The zero-order chi connectivity index (χ0) is 12.1. The van der Waals surface area contributed by atoms with E-state index in [0.29, 0.717) is 12.8 Å². The number of benzene rings is 1. The van der Waals surface area contributed by atoms with Crippen molar-refractivity contribution in [2.24, 2.45) is 0 Å². The normalized spacial score (nSPS) is 9.94. The van der Waals surface area contributed by atoms with Crippen molar-refractivity contribution < 1.29 is 9.59 Å². The Kier molecular flexibility index (Phi) is 4.23. The van der Waals surface area contributed by atoms with Gasteiger partial charge in [0, 0.05) is 13.6 Å². The molecule has 3 heteroatoms. The van der Waals surface area contributed by atoms with Gasteiger partial charge in [0.15, 0.2) is 0 Å². The van der Waals surface area contributed by atoms with Crippen LogP contribution in [0.3, 0.4) is 0 Å². The Morgan fingerprint density at radius 1 is 1.38 bits per heavy atom. The fourth-order valence-corrected chi connectivity index (χ4v) is 1.61. The molecule has 1 rings (SSSR count). The van der Waals surface area contributed by atoms with E-state index in [1.165, 1.54) is 21.6 Å². The Morgan fingerprint density at radius 2 is 2.06 bits per heavy atom. The second-order valence-corrected chi connectivity index (χ2v) is 4.06. The standard InChI is InChI=1S/C13H17NO2/c1-10-4-5-12(11(2)8-10)6-7-14(3)13(16)9-15/h4-5,8-9H,6-7H2,1-3H3. The predicted molar refractivity (Wildman–Crippen MR) is 63.3 cm³/mol. The average Bonchev–Trinajstić information content (AvgIpc) is 2.26. The lowest BCUT2D eigenvalue weighted by atomic mass is 10.0. The molecule has 0 heterocycles. The molecule has 1 aromatic rings. The molecule has 0 spiro atoms. The van der Waals surface area contributed by atoms with E-state index in [2.05, 4.69) is 32.0 Å². The van der Waals surface area contributed by atoms with E-state index < -0.39 is 5.91 Å². The average molecular weight is 219 g/mol. The largest absolute Gasteiger partial charge is 0.339 e. The van der Waals surface area contributed by atoms with Crippen LogP contribution in [0, 0.1) is 13.8 Å². The highest BCUT2D eigenvalue weighted by atomic mass is 16.2. The third-order valence-electron chi connectivity index (χ3n) is 2.69. The lowest BCUT2D eigenvalue weighted by Gasteiger charge is -2.14. The lowest BCUT2D eigenvalue weighted by Crippen LogP contribution is -2.29. The molecular formula is C13H17NO2. The first-order valence-corrected chi connectivity index (χ1v) is 5.31. The first kappa shape index (κ1) is 12.4. The molecular weight excluding hydrogens is 202 g/mol. The Balaban J connectivity index is 2.61. The Morgan fingerprint density at radius 3 is 2.62 bits per heavy atom. The van der Waals surface area contributed by atoms with Crippen molar-refractivity contribution in [1.29, 1.82) is 0 Å². The van der Waals surface area contributed by atoms with Crippen LogP contribution in [-0.4, -0.2) is 30.7 Å². The van der Waals surface area contributed by atoms with Crippen LogP contribution in [0.1, 0.15) is 16.7 Å². The highest BCUT2D eigenvalue weighted by molar-refractivity contribution is 6.23. The maximum atomic E-state index is 11.0. The summed E-state index contributed by atoms with van der Waals surface area (Å²) in [5.74, 6) is -0.468. The van der Waals surface area contributed by atoms with Crippen molar-refractivity contribution in [3.8, 4) is 0 Å². The Labute approximate surface area is 96.1 Å². The monoisotopic (exact) mass is 219 g/mol. The molecule has 0 radical (unpaired) electrons. The van der Waals surface area contributed by atoms with Crippen LogP contribution < -0.4 is 0 Å². The minimum atomic E-state index is -0.468. The Hall–Kier alpha value is -1.64. The number of hydrogen-bond donors (Lipinski definition) is 0. The third kappa shape index (κ3) is 3.19. The Bertz CT molecular complexity index is 399. The van der Waals surface area contributed by atoms with E-state index in [-0.39, 0.29) is 0 Å². The molecule has 0 unspecified atom stereocenters. The SMILES string of the molecule is Cc1ccc(CCN(C)C(=O)C=O)c(C)c1. The molecule has 0 aromatic heterocycles. The molecule has 0 aliphatic heterocycles. The summed E-state index contributed by atoms with van der Waals surface area (Å²) in [6, 6.07) is 6.25. The van der Waals surface area contributed by atoms with Crippen molar-refractivity contribution in [3.63, 3.8) is 0 Å². The molecule has 0 saturated heterocycles. The van der Waals surface area contributed by atoms with Gasteiger partial charge in [0.2, 0.25) is 6.29 Å². The zero-order valence-electron chi connectivity index (χ0n) is 9.99. The summed E-state index contributed by atoms with van der Waals surface area (Å²) in [7, 11) is 1.64. The van der Waals surface area contributed by atoms with Crippen LogP contribution >= 0.6 is 0 Å². The highest BCUT2D eigenvalue weighted by Crippen LogP contribution is 2.11. The van der Waals surface area contributed by atoms with E-state index in [1.54, 1.807) is 7.05 Å². The van der Waals surface area contributed by atoms with Crippen molar-refractivity contribution in [2.45, 2.75) is 20.3 Å². The molecule has 86 valence electrons. The number of likely N-dealkylation sites (N-methyl/N-ethyl adjacent to an activating group) is 1. The molecule has 1 aromatic carbocycles. The summed E-state index contributed by atoms with van der Waals surface area (Å²) in [5.41, 5.74) is 3.68. The van der Waals surface area contributed by atoms with E-state index in [9.17, 15) is 9.59 Å². The van der Waals surface area contributed by atoms with Crippen LogP contribution in [0.25, 0.3) is 0 Å². The summed E-state index contributed by atoms with van der Waals surface area (Å²) in [6.07, 6.45) is 1.13. The van der Waals surface area contributed by atoms with Gasteiger partial charge in [-0.2, -0.15) is 0 Å². The summed E-state index contributed by atoms with van der Waals surface area (Å²) in [5, 5.41) is 0. The molecule has 0 aliphatic carbocycles. The number of amides is 1. The second kappa shape index (κ2) is 5.45. The van der Waals surface area contributed by atoms with Gasteiger partial charge in [-0.15, -0.1) is 0 Å². The number of nitrogens with zero attached hydrogens (tertiary/aromatic N) is 1. The molecule has 0 atom stereocenters. The van der Waals surface area contributed by atoms with Crippen LogP contribution in [0.4, 0.5) is 0 Å². The first-order chi connectivity index (χ1) is 7.54. The van der Waals surface area contributed by atoms with Crippen LogP contribution in [0.15, 0.2) is 18.2 Å². The second-order valence-electron chi connectivity index (χ2n) is 4.06. The first-order valence-electron chi connectivity index (χ1n) is 5.31. The lowest BCUT2D eigenvalue weighted by molar-refractivity contribution is -0.137. The number of hydrogen-bond acceptors (Lipinski definition) is 2.